The number of fused-ring (bicyclic) bond motifs is 1. The molecule has 0 aromatic carbocycles. The summed E-state index contributed by atoms with van der Waals surface area (Å²) in [6.07, 6.45) is 0.963. The van der Waals surface area contributed by atoms with E-state index < -0.39 is 0 Å². The fraction of sp³-hybridized carbons (Fsp3) is 0.500. The van der Waals surface area contributed by atoms with Crippen molar-refractivity contribution in [3.8, 4) is 0 Å². The predicted octanol–water partition coefficient (Wildman–Crippen LogP) is 2.02. The second-order valence-corrected chi connectivity index (χ2v) is 4.11. The molecule has 0 bridgehead atoms. The molecule has 2 heterocycles. The molecule has 92 valence electrons. The molecule has 2 rings (SSSR count). The van der Waals surface area contributed by atoms with Crippen LogP contribution in [0.4, 0.5) is 5.82 Å². The van der Waals surface area contributed by atoms with Gasteiger partial charge in [-0.3, -0.25) is 0 Å². The maximum absolute atomic E-state index is 5.02. The van der Waals surface area contributed by atoms with Crippen molar-refractivity contribution in [2.24, 2.45) is 0 Å². The Bertz CT molecular complexity index is 506. The zero-order valence-electron chi connectivity index (χ0n) is 10.5. The summed E-state index contributed by atoms with van der Waals surface area (Å²) < 4.78 is 5.02. The fourth-order valence-electron chi connectivity index (χ4n) is 1.81. The number of aromatic nitrogens is 3. The van der Waals surface area contributed by atoms with Crippen LogP contribution < -0.4 is 5.32 Å². The summed E-state index contributed by atoms with van der Waals surface area (Å²) in [6.45, 7) is 5.53. The predicted molar refractivity (Wildman–Crippen MR) is 68.3 cm³/mol. The molecule has 0 saturated heterocycles. The fourth-order valence-corrected chi connectivity index (χ4v) is 1.81. The van der Waals surface area contributed by atoms with E-state index in [4.69, 9.17) is 4.74 Å². The zero-order chi connectivity index (χ0) is 12.3. The van der Waals surface area contributed by atoms with E-state index in [2.05, 4.69) is 26.3 Å². The lowest BCUT2D eigenvalue weighted by Crippen LogP contribution is -2.07. The van der Waals surface area contributed by atoms with Crippen LogP contribution in [0.1, 0.15) is 17.9 Å². The molecule has 0 radical (unpaired) electrons. The molecule has 0 atom stereocenters. The Morgan fingerprint density at radius 1 is 1.35 bits per heavy atom. The van der Waals surface area contributed by atoms with Crippen molar-refractivity contribution in [1.82, 2.24) is 15.0 Å². The number of nitrogens with zero attached hydrogens (tertiary/aromatic N) is 2. The first-order chi connectivity index (χ1) is 8.20. The van der Waals surface area contributed by atoms with Gasteiger partial charge in [0.2, 0.25) is 0 Å². The molecule has 0 aliphatic carbocycles. The van der Waals surface area contributed by atoms with Gasteiger partial charge < -0.3 is 15.0 Å². The molecule has 5 heteroatoms. The number of methoxy groups -OCH3 is 1. The minimum Gasteiger partial charge on any atom is -0.385 e. The van der Waals surface area contributed by atoms with Gasteiger partial charge in [0.25, 0.3) is 0 Å². The third kappa shape index (κ3) is 2.74. The SMILES string of the molecule is COCCCNc1nc(C)nc2[nH]c(C)cc12. The van der Waals surface area contributed by atoms with Gasteiger partial charge in [0.05, 0.1) is 5.39 Å². The van der Waals surface area contributed by atoms with Crippen LogP contribution in [0.25, 0.3) is 11.0 Å². The Labute approximate surface area is 101 Å². The molecule has 0 aliphatic rings. The van der Waals surface area contributed by atoms with E-state index in [0.717, 1.165) is 47.9 Å². The van der Waals surface area contributed by atoms with Crippen molar-refractivity contribution < 1.29 is 4.74 Å². The number of anilines is 1. The molecule has 2 aromatic rings. The van der Waals surface area contributed by atoms with E-state index in [1.807, 2.05) is 13.8 Å². The molecule has 0 saturated carbocycles. The van der Waals surface area contributed by atoms with E-state index in [1.165, 1.54) is 0 Å². The Kier molecular flexibility index (Phi) is 3.58. The molecule has 0 aliphatic heterocycles. The second kappa shape index (κ2) is 5.14. The Morgan fingerprint density at radius 2 is 2.18 bits per heavy atom. The van der Waals surface area contributed by atoms with Gasteiger partial charge in [0.1, 0.15) is 17.3 Å². The smallest absolute Gasteiger partial charge is 0.143 e. The summed E-state index contributed by atoms with van der Waals surface area (Å²) >= 11 is 0. The number of aryl methyl sites for hydroxylation is 2. The molecular formula is C12H18N4O. The number of nitrogens with one attached hydrogen (secondary N) is 2. The number of hydrogen-bond donors (Lipinski definition) is 2. The highest BCUT2D eigenvalue weighted by molar-refractivity contribution is 5.87. The third-order valence-electron chi connectivity index (χ3n) is 2.55. The van der Waals surface area contributed by atoms with Crippen LogP contribution in [0.5, 0.6) is 0 Å². The maximum Gasteiger partial charge on any atom is 0.143 e. The van der Waals surface area contributed by atoms with Gasteiger partial charge >= 0.3 is 0 Å². The van der Waals surface area contributed by atoms with E-state index in [-0.39, 0.29) is 0 Å². The minimum atomic E-state index is 0.756. The monoisotopic (exact) mass is 234 g/mol. The first-order valence-electron chi connectivity index (χ1n) is 5.77. The van der Waals surface area contributed by atoms with Crippen LogP contribution in [0.3, 0.4) is 0 Å². The van der Waals surface area contributed by atoms with Crippen LogP contribution in [-0.2, 0) is 4.74 Å². The van der Waals surface area contributed by atoms with Crippen molar-refractivity contribution in [2.45, 2.75) is 20.3 Å². The lowest BCUT2D eigenvalue weighted by atomic mass is 10.3. The summed E-state index contributed by atoms with van der Waals surface area (Å²) in [7, 11) is 1.71. The largest absolute Gasteiger partial charge is 0.385 e. The Balaban J connectivity index is 2.19. The molecule has 0 amide bonds. The summed E-state index contributed by atoms with van der Waals surface area (Å²) in [5.74, 6) is 1.67. The number of H-pyrrole nitrogens is 1. The number of ether oxygens (including phenoxy) is 1. The van der Waals surface area contributed by atoms with Gasteiger partial charge in [-0.05, 0) is 26.3 Å². The van der Waals surface area contributed by atoms with E-state index in [9.17, 15) is 0 Å². The summed E-state index contributed by atoms with van der Waals surface area (Å²) in [5.41, 5.74) is 1.99. The first kappa shape index (κ1) is 11.9. The van der Waals surface area contributed by atoms with Gasteiger partial charge in [-0.15, -0.1) is 0 Å². The molecule has 2 aromatic heterocycles. The van der Waals surface area contributed by atoms with Gasteiger partial charge in [-0.25, -0.2) is 9.97 Å². The summed E-state index contributed by atoms with van der Waals surface area (Å²) in [5, 5.41) is 4.37. The van der Waals surface area contributed by atoms with Crippen molar-refractivity contribution in [3.63, 3.8) is 0 Å². The Hall–Kier alpha value is -1.62. The van der Waals surface area contributed by atoms with Gasteiger partial charge in [-0.1, -0.05) is 0 Å². The third-order valence-corrected chi connectivity index (χ3v) is 2.55. The highest BCUT2D eigenvalue weighted by atomic mass is 16.5. The van der Waals surface area contributed by atoms with Crippen LogP contribution in [-0.4, -0.2) is 35.2 Å². The van der Waals surface area contributed by atoms with Crippen molar-refractivity contribution in [2.75, 3.05) is 25.6 Å². The van der Waals surface area contributed by atoms with Crippen molar-refractivity contribution >= 4 is 16.9 Å². The van der Waals surface area contributed by atoms with Crippen LogP contribution in [0, 0.1) is 13.8 Å². The van der Waals surface area contributed by atoms with E-state index >= 15 is 0 Å². The molecule has 17 heavy (non-hydrogen) atoms. The number of aromatic amines is 1. The quantitative estimate of drug-likeness (QED) is 0.777. The average Bonchev–Trinajstić information content (AvgIpc) is 2.64. The average molecular weight is 234 g/mol. The zero-order valence-corrected chi connectivity index (χ0v) is 10.5. The first-order valence-corrected chi connectivity index (χ1v) is 5.77. The van der Waals surface area contributed by atoms with Gasteiger partial charge in [0.15, 0.2) is 0 Å². The second-order valence-electron chi connectivity index (χ2n) is 4.11. The molecule has 5 nitrogen and oxygen atoms in total. The molecular weight excluding hydrogens is 216 g/mol. The van der Waals surface area contributed by atoms with E-state index in [1.54, 1.807) is 7.11 Å². The lowest BCUT2D eigenvalue weighted by Gasteiger charge is -2.06. The molecule has 0 fully saturated rings. The van der Waals surface area contributed by atoms with Crippen LogP contribution >= 0.6 is 0 Å². The maximum atomic E-state index is 5.02. The minimum absolute atomic E-state index is 0.756. The van der Waals surface area contributed by atoms with Gasteiger partial charge in [0, 0.05) is 26.0 Å². The molecule has 2 N–H and O–H groups in total. The van der Waals surface area contributed by atoms with Crippen LogP contribution in [0.2, 0.25) is 0 Å². The number of rotatable bonds is 5. The highest BCUT2D eigenvalue weighted by Gasteiger charge is 2.07. The normalized spacial score (nSPS) is 11.0. The van der Waals surface area contributed by atoms with Gasteiger partial charge in [-0.2, -0.15) is 0 Å². The molecule has 0 spiro atoms. The van der Waals surface area contributed by atoms with Crippen molar-refractivity contribution in [1.29, 1.82) is 0 Å². The van der Waals surface area contributed by atoms with Crippen LogP contribution in [0.15, 0.2) is 6.07 Å². The molecule has 0 unspecified atom stereocenters. The highest BCUT2D eigenvalue weighted by Crippen LogP contribution is 2.20. The summed E-state index contributed by atoms with van der Waals surface area (Å²) in [4.78, 5) is 12.0. The van der Waals surface area contributed by atoms with E-state index in [0.29, 0.717) is 0 Å². The topological polar surface area (TPSA) is 62.8 Å². The number of hydrogen-bond acceptors (Lipinski definition) is 4. The lowest BCUT2D eigenvalue weighted by molar-refractivity contribution is 0.198. The standard InChI is InChI=1S/C12H18N4O/c1-8-7-10-11(13-5-4-6-17-3)15-9(2)16-12(10)14-8/h7H,4-6H2,1-3H3,(H2,13,14,15,16). The Morgan fingerprint density at radius 3 is 2.94 bits per heavy atom. The van der Waals surface area contributed by atoms with Crippen molar-refractivity contribution in [3.05, 3.63) is 17.6 Å². The summed E-state index contributed by atoms with van der Waals surface area (Å²) in [6, 6.07) is 2.06.